The predicted octanol–water partition coefficient (Wildman–Crippen LogP) is 1.69. The first-order valence-corrected chi connectivity index (χ1v) is 5.36. The molecule has 0 aliphatic carbocycles. The molecule has 15 heavy (non-hydrogen) atoms. The molecule has 0 unspecified atom stereocenters. The monoisotopic (exact) mass is 266 g/mol. The van der Waals surface area contributed by atoms with Gasteiger partial charge in [0, 0.05) is 9.86 Å². The second-order valence-corrected chi connectivity index (χ2v) is 4.13. The third kappa shape index (κ3) is 2.08. The van der Waals surface area contributed by atoms with Crippen LogP contribution in [0.5, 0.6) is 0 Å². The number of rotatable bonds is 2. The van der Waals surface area contributed by atoms with Crippen LogP contribution in [-0.4, -0.2) is 17.0 Å². The minimum atomic E-state index is 0.520. The molecule has 3 N–H and O–H groups in total. The Hall–Kier alpha value is -1.20. The molecule has 0 amide bonds. The van der Waals surface area contributed by atoms with E-state index in [0.717, 1.165) is 15.4 Å². The lowest BCUT2D eigenvalue weighted by atomic mass is 10.2. The summed E-state index contributed by atoms with van der Waals surface area (Å²) in [6.45, 7) is 0.621. The lowest BCUT2D eigenvalue weighted by Crippen LogP contribution is -2.10. The van der Waals surface area contributed by atoms with Crippen LogP contribution < -0.4 is 11.1 Å². The molecule has 0 aliphatic rings. The van der Waals surface area contributed by atoms with Crippen LogP contribution in [0.3, 0.4) is 0 Å². The summed E-state index contributed by atoms with van der Waals surface area (Å²) in [5, 5.41) is 3.88. The van der Waals surface area contributed by atoms with Crippen molar-refractivity contribution in [3.8, 4) is 0 Å². The molecule has 0 saturated heterocycles. The second-order valence-electron chi connectivity index (χ2n) is 3.22. The van der Waals surface area contributed by atoms with Gasteiger partial charge in [-0.3, -0.25) is 0 Å². The number of nitrogens with two attached hydrogens (primary N) is 1. The van der Waals surface area contributed by atoms with Crippen LogP contribution in [0.1, 0.15) is 5.82 Å². The second kappa shape index (κ2) is 4.12. The molecule has 0 saturated carbocycles. The van der Waals surface area contributed by atoms with Crippen molar-refractivity contribution >= 4 is 32.7 Å². The number of hydrogen-bond donors (Lipinski definition) is 2. The van der Waals surface area contributed by atoms with E-state index in [1.165, 1.54) is 0 Å². The number of hydrogen-bond acceptors (Lipinski definition) is 4. The molecule has 1 aromatic heterocycles. The van der Waals surface area contributed by atoms with E-state index < -0.39 is 0 Å². The SMILES string of the molecule is CNCc1nc(N)c2cc(Br)ccc2n1. The zero-order valence-corrected chi connectivity index (χ0v) is 9.87. The molecule has 0 fully saturated rings. The normalized spacial score (nSPS) is 10.8. The maximum absolute atomic E-state index is 5.86. The molecule has 78 valence electrons. The number of anilines is 1. The summed E-state index contributed by atoms with van der Waals surface area (Å²) in [6.07, 6.45) is 0. The van der Waals surface area contributed by atoms with Crippen LogP contribution in [0.25, 0.3) is 10.9 Å². The molecule has 5 heteroatoms. The van der Waals surface area contributed by atoms with Crippen molar-refractivity contribution in [2.75, 3.05) is 12.8 Å². The highest BCUT2D eigenvalue weighted by Crippen LogP contribution is 2.22. The van der Waals surface area contributed by atoms with Gasteiger partial charge >= 0.3 is 0 Å². The number of nitrogens with zero attached hydrogens (tertiary/aromatic N) is 2. The van der Waals surface area contributed by atoms with Crippen molar-refractivity contribution in [3.05, 3.63) is 28.5 Å². The number of benzene rings is 1. The zero-order valence-electron chi connectivity index (χ0n) is 8.29. The molecule has 0 aliphatic heterocycles. The van der Waals surface area contributed by atoms with E-state index >= 15 is 0 Å². The summed E-state index contributed by atoms with van der Waals surface area (Å²) in [4.78, 5) is 8.61. The molecule has 4 nitrogen and oxygen atoms in total. The molecule has 0 spiro atoms. The summed E-state index contributed by atoms with van der Waals surface area (Å²) >= 11 is 3.39. The van der Waals surface area contributed by atoms with Crippen molar-refractivity contribution in [2.45, 2.75) is 6.54 Å². The quantitative estimate of drug-likeness (QED) is 0.869. The van der Waals surface area contributed by atoms with Crippen LogP contribution in [0, 0.1) is 0 Å². The van der Waals surface area contributed by atoms with Crippen molar-refractivity contribution in [2.24, 2.45) is 0 Å². The van der Waals surface area contributed by atoms with Gasteiger partial charge in [-0.05, 0) is 25.2 Å². The van der Waals surface area contributed by atoms with E-state index in [1.807, 2.05) is 25.2 Å². The van der Waals surface area contributed by atoms with Gasteiger partial charge in [-0.25, -0.2) is 9.97 Å². The number of halogens is 1. The zero-order chi connectivity index (χ0) is 10.8. The highest BCUT2D eigenvalue weighted by molar-refractivity contribution is 9.10. The highest BCUT2D eigenvalue weighted by Gasteiger charge is 2.04. The summed E-state index contributed by atoms with van der Waals surface area (Å²) in [7, 11) is 1.85. The Kier molecular flexibility index (Phi) is 2.83. The van der Waals surface area contributed by atoms with Crippen molar-refractivity contribution in [3.63, 3.8) is 0 Å². The number of nitrogens with one attached hydrogen (secondary N) is 1. The van der Waals surface area contributed by atoms with E-state index in [1.54, 1.807) is 0 Å². The first-order chi connectivity index (χ1) is 7.20. The first-order valence-electron chi connectivity index (χ1n) is 4.57. The molecule has 1 aromatic carbocycles. The van der Waals surface area contributed by atoms with Gasteiger partial charge in [-0.15, -0.1) is 0 Å². The van der Waals surface area contributed by atoms with Crippen molar-refractivity contribution in [1.82, 2.24) is 15.3 Å². The molecule has 2 aromatic rings. The first kappa shape index (κ1) is 10.3. The maximum atomic E-state index is 5.86. The predicted molar refractivity (Wildman–Crippen MR) is 64.4 cm³/mol. The van der Waals surface area contributed by atoms with Crippen LogP contribution in [0.15, 0.2) is 22.7 Å². The van der Waals surface area contributed by atoms with Gasteiger partial charge in [0.1, 0.15) is 11.6 Å². The third-order valence-electron chi connectivity index (χ3n) is 2.07. The van der Waals surface area contributed by atoms with Crippen molar-refractivity contribution < 1.29 is 0 Å². The maximum Gasteiger partial charge on any atom is 0.145 e. The van der Waals surface area contributed by atoms with Crippen LogP contribution in [0.4, 0.5) is 5.82 Å². The summed E-state index contributed by atoms with van der Waals surface area (Å²) in [5.74, 6) is 1.23. The third-order valence-corrected chi connectivity index (χ3v) is 2.56. The Morgan fingerprint density at radius 1 is 1.40 bits per heavy atom. The molecule has 0 bridgehead atoms. The molecular formula is C10H11BrN4. The molecule has 0 radical (unpaired) electrons. The van der Waals surface area contributed by atoms with Gasteiger partial charge in [0.05, 0.1) is 12.1 Å². The summed E-state index contributed by atoms with van der Waals surface area (Å²) in [6, 6.07) is 5.79. The van der Waals surface area contributed by atoms with Crippen LogP contribution >= 0.6 is 15.9 Å². The molecule has 1 heterocycles. The Bertz CT molecular complexity index is 498. The van der Waals surface area contributed by atoms with E-state index in [-0.39, 0.29) is 0 Å². The Morgan fingerprint density at radius 3 is 2.93 bits per heavy atom. The average Bonchev–Trinajstić information content (AvgIpc) is 2.20. The fraction of sp³-hybridized carbons (Fsp3) is 0.200. The van der Waals surface area contributed by atoms with Gasteiger partial charge in [-0.1, -0.05) is 15.9 Å². The van der Waals surface area contributed by atoms with Gasteiger partial charge in [-0.2, -0.15) is 0 Å². The minimum absolute atomic E-state index is 0.520. The van der Waals surface area contributed by atoms with E-state index in [0.29, 0.717) is 18.2 Å². The molecular weight excluding hydrogens is 256 g/mol. The lowest BCUT2D eigenvalue weighted by molar-refractivity contribution is 0.766. The Morgan fingerprint density at radius 2 is 2.20 bits per heavy atom. The fourth-order valence-electron chi connectivity index (χ4n) is 1.41. The van der Waals surface area contributed by atoms with E-state index in [2.05, 4.69) is 31.2 Å². The number of nitrogen functional groups attached to an aromatic ring is 1. The van der Waals surface area contributed by atoms with Gasteiger partial charge < -0.3 is 11.1 Å². The van der Waals surface area contributed by atoms with Gasteiger partial charge in [0.2, 0.25) is 0 Å². The van der Waals surface area contributed by atoms with Crippen LogP contribution in [0.2, 0.25) is 0 Å². The van der Waals surface area contributed by atoms with E-state index in [4.69, 9.17) is 5.73 Å². The Labute approximate surface area is 96.0 Å². The van der Waals surface area contributed by atoms with Crippen molar-refractivity contribution in [1.29, 1.82) is 0 Å². The molecule has 2 rings (SSSR count). The summed E-state index contributed by atoms with van der Waals surface area (Å²) < 4.78 is 0.978. The fourth-order valence-corrected chi connectivity index (χ4v) is 1.77. The standard InChI is InChI=1S/C10H11BrN4/c1-13-5-9-14-8-3-2-6(11)4-7(8)10(12)15-9/h2-4,13H,5H2,1H3,(H2,12,14,15). The molecule has 0 atom stereocenters. The van der Waals surface area contributed by atoms with Gasteiger partial charge in [0.25, 0.3) is 0 Å². The lowest BCUT2D eigenvalue weighted by Gasteiger charge is -2.05. The van der Waals surface area contributed by atoms with Crippen LogP contribution in [-0.2, 0) is 6.54 Å². The van der Waals surface area contributed by atoms with E-state index in [9.17, 15) is 0 Å². The minimum Gasteiger partial charge on any atom is -0.383 e. The average molecular weight is 267 g/mol. The summed E-state index contributed by atoms with van der Waals surface area (Å²) in [5.41, 5.74) is 6.73. The Balaban J connectivity index is 2.62. The number of fused-ring (bicyclic) bond motifs is 1. The smallest absolute Gasteiger partial charge is 0.145 e. The largest absolute Gasteiger partial charge is 0.383 e. The topological polar surface area (TPSA) is 63.8 Å². The van der Waals surface area contributed by atoms with Gasteiger partial charge in [0.15, 0.2) is 0 Å². The number of aromatic nitrogens is 2. The highest BCUT2D eigenvalue weighted by atomic mass is 79.9.